The van der Waals surface area contributed by atoms with Crippen LogP contribution in [0.25, 0.3) is 0 Å². The molecule has 0 saturated carbocycles. The fraction of sp³-hybridized carbons (Fsp3) is 0.429. The van der Waals surface area contributed by atoms with E-state index in [4.69, 9.17) is 0 Å². The molecule has 0 aliphatic carbocycles. The number of hydrogen-bond acceptors (Lipinski definition) is 4. The van der Waals surface area contributed by atoms with E-state index in [1.165, 1.54) is 0 Å². The molecule has 2 heterocycles. The van der Waals surface area contributed by atoms with Gasteiger partial charge in [-0.25, -0.2) is 4.98 Å². The molecule has 2 amide bonds. The van der Waals surface area contributed by atoms with E-state index in [-0.39, 0.29) is 18.4 Å². The summed E-state index contributed by atoms with van der Waals surface area (Å²) in [5.74, 6) is -0.566. The minimum atomic E-state index is -0.350. The van der Waals surface area contributed by atoms with Gasteiger partial charge in [-0.05, 0) is 19.4 Å². The molecule has 8 heteroatoms. The summed E-state index contributed by atoms with van der Waals surface area (Å²) in [5.41, 5.74) is 1.20. The number of aryl methyl sites for hydroxylation is 3. The molecule has 2 N–H and O–H groups in total. The van der Waals surface area contributed by atoms with E-state index in [0.29, 0.717) is 12.2 Å². The summed E-state index contributed by atoms with van der Waals surface area (Å²) in [5, 5.41) is 9.36. The Balaban J connectivity index is 1.63. The molecule has 0 unspecified atom stereocenters. The van der Waals surface area contributed by atoms with Gasteiger partial charge in [0.15, 0.2) is 0 Å². The van der Waals surface area contributed by atoms with Gasteiger partial charge in [-0.1, -0.05) is 0 Å². The van der Waals surface area contributed by atoms with E-state index in [2.05, 4.69) is 20.7 Å². The van der Waals surface area contributed by atoms with Gasteiger partial charge in [0, 0.05) is 38.2 Å². The lowest BCUT2D eigenvalue weighted by Crippen LogP contribution is -2.37. The molecule has 118 valence electrons. The standard InChI is InChI=1S/C14H20N6O2/c1-11-8-12(18-19(11)2)14(22)17-9-13(21)16-4-3-6-20-7-5-15-10-20/h5,7-8,10H,3-4,6,9H2,1-2H3,(H,16,21)(H,17,22). The second-order valence-electron chi connectivity index (χ2n) is 4.98. The Hall–Kier alpha value is -2.64. The SMILES string of the molecule is Cc1cc(C(=O)NCC(=O)NCCCn2ccnc2)nn1C. The Morgan fingerprint density at radius 3 is 2.77 bits per heavy atom. The number of nitrogens with one attached hydrogen (secondary N) is 2. The van der Waals surface area contributed by atoms with Crippen molar-refractivity contribution in [2.75, 3.05) is 13.1 Å². The molecule has 0 saturated heterocycles. The number of rotatable bonds is 7. The first-order valence-electron chi connectivity index (χ1n) is 7.07. The van der Waals surface area contributed by atoms with Crippen LogP contribution < -0.4 is 10.6 Å². The Kier molecular flexibility index (Phi) is 5.29. The van der Waals surface area contributed by atoms with Crippen molar-refractivity contribution in [2.45, 2.75) is 19.9 Å². The summed E-state index contributed by atoms with van der Waals surface area (Å²) in [4.78, 5) is 27.4. The van der Waals surface area contributed by atoms with Gasteiger partial charge in [-0.3, -0.25) is 14.3 Å². The average Bonchev–Trinajstić information content (AvgIpc) is 3.12. The number of imidazole rings is 1. The number of hydrogen-bond donors (Lipinski definition) is 2. The predicted molar refractivity (Wildman–Crippen MR) is 80.1 cm³/mol. The summed E-state index contributed by atoms with van der Waals surface area (Å²) >= 11 is 0. The number of amides is 2. The van der Waals surface area contributed by atoms with Crippen LogP contribution in [0.2, 0.25) is 0 Å². The third-order valence-corrected chi connectivity index (χ3v) is 3.23. The lowest BCUT2D eigenvalue weighted by atomic mass is 10.3. The summed E-state index contributed by atoms with van der Waals surface area (Å²) < 4.78 is 3.56. The Morgan fingerprint density at radius 2 is 2.14 bits per heavy atom. The third-order valence-electron chi connectivity index (χ3n) is 3.23. The molecular weight excluding hydrogens is 284 g/mol. The summed E-state index contributed by atoms with van der Waals surface area (Å²) in [7, 11) is 1.76. The van der Waals surface area contributed by atoms with Crippen molar-refractivity contribution < 1.29 is 9.59 Å². The van der Waals surface area contributed by atoms with E-state index < -0.39 is 0 Å². The van der Waals surface area contributed by atoms with Crippen molar-refractivity contribution in [3.05, 3.63) is 36.2 Å². The predicted octanol–water partition coefficient (Wildman–Crippen LogP) is -0.139. The van der Waals surface area contributed by atoms with Crippen molar-refractivity contribution in [1.29, 1.82) is 0 Å². The van der Waals surface area contributed by atoms with Gasteiger partial charge in [0.2, 0.25) is 5.91 Å². The molecule has 2 aromatic heterocycles. The molecule has 0 aliphatic heterocycles. The summed E-state index contributed by atoms with van der Waals surface area (Å²) in [6.07, 6.45) is 6.12. The van der Waals surface area contributed by atoms with Crippen LogP contribution >= 0.6 is 0 Å². The molecule has 0 spiro atoms. The van der Waals surface area contributed by atoms with Crippen molar-refractivity contribution in [1.82, 2.24) is 30.0 Å². The van der Waals surface area contributed by atoms with Crippen LogP contribution in [0, 0.1) is 6.92 Å². The lowest BCUT2D eigenvalue weighted by Gasteiger charge is -2.06. The minimum Gasteiger partial charge on any atom is -0.355 e. The molecule has 22 heavy (non-hydrogen) atoms. The molecular formula is C14H20N6O2. The Labute approximate surface area is 128 Å². The van der Waals surface area contributed by atoms with Crippen molar-refractivity contribution >= 4 is 11.8 Å². The molecule has 0 atom stereocenters. The Morgan fingerprint density at radius 1 is 1.32 bits per heavy atom. The zero-order valence-corrected chi connectivity index (χ0v) is 12.7. The molecule has 2 aromatic rings. The second kappa shape index (κ2) is 7.39. The first-order chi connectivity index (χ1) is 10.6. The summed E-state index contributed by atoms with van der Waals surface area (Å²) in [6.45, 7) is 3.14. The van der Waals surface area contributed by atoms with Gasteiger partial charge < -0.3 is 15.2 Å². The van der Waals surface area contributed by atoms with Gasteiger partial charge in [-0.2, -0.15) is 5.10 Å². The van der Waals surface area contributed by atoms with Gasteiger partial charge in [-0.15, -0.1) is 0 Å². The maximum Gasteiger partial charge on any atom is 0.272 e. The van der Waals surface area contributed by atoms with Crippen LogP contribution in [-0.2, 0) is 18.4 Å². The molecule has 0 aromatic carbocycles. The quantitative estimate of drug-likeness (QED) is 0.696. The number of carbonyl (C=O) groups excluding carboxylic acids is 2. The van der Waals surface area contributed by atoms with E-state index >= 15 is 0 Å². The topological polar surface area (TPSA) is 93.8 Å². The van der Waals surface area contributed by atoms with Crippen LogP contribution in [0.15, 0.2) is 24.8 Å². The molecule has 0 aliphatic rings. The highest BCUT2D eigenvalue weighted by Gasteiger charge is 2.11. The van der Waals surface area contributed by atoms with Crippen molar-refractivity contribution in [2.24, 2.45) is 7.05 Å². The second-order valence-corrected chi connectivity index (χ2v) is 4.98. The van der Waals surface area contributed by atoms with Gasteiger partial charge in [0.05, 0.1) is 12.9 Å². The maximum atomic E-state index is 11.8. The van der Waals surface area contributed by atoms with Crippen LogP contribution in [0.3, 0.4) is 0 Å². The molecule has 2 rings (SSSR count). The Bertz CT molecular complexity index is 612. The highest BCUT2D eigenvalue weighted by molar-refractivity contribution is 5.94. The average molecular weight is 304 g/mol. The fourth-order valence-corrected chi connectivity index (χ4v) is 1.89. The van der Waals surface area contributed by atoms with Crippen molar-refractivity contribution in [3.63, 3.8) is 0 Å². The van der Waals surface area contributed by atoms with Crippen LogP contribution in [-0.4, -0.2) is 44.2 Å². The highest BCUT2D eigenvalue weighted by atomic mass is 16.2. The van der Waals surface area contributed by atoms with Gasteiger partial charge >= 0.3 is 0 Å². The van der Waals surface area contributed by atoms with Crippen molar-refractivity contribution in [3.8, 4) is 0 Å². The van der Waals surface area contributed by atoms with Gasteiger partial charge in [0.1, 0.15) is 5.69 Å². The molecule has 0 bridgehead atoms. The fourth-order valence-electron chi connectivity index (χ4n) is 1.89. The van der Waals surface area contributed by atoms with Crippen LogP contribution in [0.4, 0.5) is 0 Å². The van der Waals surface area contributed by atoms with Crippen LogP contribution in [0.5, 0.6) is 0 Å². The zero-order valence-electron chi connectivity index (χ0n) is 12.7. The largest absolute Gasteiger partial charge is 0.355 e. The molecule has 8 nitrogen and oxygen atoms in total. The molecule has 0 fully saturated rings. The van der Waals surface area contributed by atoms with E-state index in [0.717, 1.165) is 18.7 Å². The summed E-state index contributed by atoms with van der Waals surface area (Å²) in [6, 6.07) is 1.68. The number of aromatic nitrogens is 4. The van der Waals surface area contributed by atoms with E-state index in [1.54, 1.807) is 30.3 Å². The smallest absolute Gasteiger partial charge is 0.272 e. The minimum absolute atomic E-state index is 0.0560. The van der Waals surface area contributed by atoms with Gasteiger partial charge in [0.25, 0.3) is 5.91 Å². The number of nitrogens with zero attached hydrogens (tertiary/aromatic N) is 4. The van der Waals surface area contributed by atoms with E-state index in [9.17, 15) is 9.59 Å². The first-order valence-corrected chi connectivity index (χ1v) is 7.07. The maximum absolute atomic E-state index is 11.8. The van der Waals surface area contributed by atoms with E-state index in [1.807, 2.05) is 17.7 Å². The third kappa shape index (κ3) is 4.44. The normalized spacial score (nSPS) is 10.5. The van der Waals surface area contributed by atoms with Crippen LogP contribution in [0.1, 0.15) is 22.6 Å². The number of carbonyl (C=O) groups is 2. The monoisotopic (exact) mass is 304 g/mol. The lowest BCUT2D eigenvalue weighted by molar-refractivity contribution is -0.120. The highest BCUT2D eigenvalue weighted by Crippen LogP contribution is 2.00. The first kappa shape index (κ1) is 15.7. The molecule has 0 radical (unpaired) electrons. The zero-order chi connectivity index (χ0) is 15.9.